The molecule has 21 heavy (non-hydrogen) atoms. The summed E-state index contributed by atoms with van der Waals surface area (Å²) < 4.78 is 0. The highest BCUT2D eigenvalue weighted by molar-refractivity contribution is 5.79. The Morgan fingerprint density at radius 1 is 1.38 bits per heavy atom. The molecule has 2 aliphatic heterocycles. The molecule has 0 spiro atoms. The van der Waals surface area contributed by atoms with Gasteiger partial charge in [0.2, 0.25) is 5.91 Å². The van der Waals surface area contributed by atoms with Gasteiger partial charge in [-0.3, -0.25) is 4.79 Å². The minimum Gasteiger partial charge on any atom is -0.465 e. The maximum absolute atomic E-state index is 12.2. The molecule has 0 aromatic heterocycles. The van der Waals surface area contributed by atoms with E-state index < -0.39 is 6.09 Å². The Hall–Kier alpha value is -1.81. The molecule has 0 saturated carbocycles. The molecule has 7 nitrogen and oxygen atoms in total. The van der Waals surface area contributed by atoms with Gasteiger partial charge in [0.05, 0.1) is 12.6 Å². The van der Waals surface area contributed by atoms with E-state index in [1.54, 1.807) is 4.90 Å². The second kappa shape index (κ2) is 6.31. The molecule has 2 fully saturated rings. The van der Waals surface area contributed by atoms with Crippen molar-refractivity contribution in [3.63, 3.8) is 0 Å². The van der Waals surface area contributed by atoms with Crippen molar-refractivity contribution in [2.75, 3.05) is 26.2 Å². The van der Waals surface area contributed by atoms with Crippen LogP contribution in [-0.2, 0) is 4.79 Å². The highest BCUT2D eigenvalue weighted by atomic mass is 16.4. The number of carboxylic acid groups (broad SMARTS) is 1. The SMILES string of the molecule is CC1(NCC(=O)N2CCC[C@H]2C#N)CCN(C(=O)O)CC1. The van der Waals surface area contributed by atoms with Crippen LogP contribution in [0.1, 0.15) is 32.6 Å². The molecule has 1 atom stereocenters. The van der Waals surface area contributed by atoms with Crippen molar-refractivity contribution in [3.8, 4) is 6.07 Å². The van der Waals surface area contributed by atoms with Crippen LogP contribution in [0.3, 0.4) is 0 Å². The van der Waals surface area contributed by atoms with E-state index in [4.69, 9.17) is 10.4 Å². The number of nitrogens with one attached hydrogen (secondary N) is 1. The number of carbonyl (C=O) groups excluding carboxylic acids is 1. The summed E-state index contributed by atoms with van der Waals surface area (Å²) in [5, 5.41) is 21.2. The maximum Gasteiger partial charge on any atom is 0.407 e. The Labute approximate surface area is 124 Å². The number of hydrogen-bond donors (Lipinski definition) is 2. The first-order valence-electron chi connectivity index (χ1n) is 7.37. The summed E-state index contributed by atoms with van der Waals surface area (Å²) in [7, 11) is 0. The molecule has 2 N–H and O–H groups in total. The van der Waals surface area contributed by atoms with Crippen molar-refractivity contribution < 1.29 is 14.7 Å². The van der Waals surface area contributed by atoms with Gasteiger partial charge in [0.15, 0.2) is 0 Å². The van der Waals surface area contributed by atoms with Crippen LogP contribution >= 0.6 is 0 Å². The van der Waals surface area contributed by atoms with Gasteiger partial charge in [-0.1, -0.05) is 0 Å². The highest BCUT2D eigenvalue weighted by Crippen LogP contribution is 2.22. The number of hydrogen-bond acceptors (Lipinski definition) is 4. The predicted octanol–water partition coefficient (Wildman–Crippen LogP) is 0.623. The molecule has 0 aliphatic carbocycles. The van der Waals surface area contributed by atoms with Crippen LogP contribution < -0.4 is 5.32 Å². The van der Waals surface area contributed by atoms with Gasteiger partial charge < -0.3 is 20.2 Å². The van der Waals surface area contributed by atoms with Crippen LogP contribution in [0, 0.1) is 11.3 Å². The first-order valence-corrected chi connectivity index (χ1v) is 7.37. The molecule has 116 valence electrons. The van der Waals surface area contributed by atoms with Crippen molar-refractivity contribution >= 4 is 12.0 Å². The smallest absolute Gasteiger partial charge is 0.407 e. The molecule has 2 amide bonds. The van der Waals surface area contributed by atoms with E-state index in [0.29, 0.717) is 32.5 Å². The first-order chi connectivity index (χ1) is 9.95. The average Bonchev–Trinajstić information content (AvgIpc) is 2.94. The van der Waals surface area contributed by atoms with Crippen LogP contribution in [0.2, 0.25) is 0 Å². The number of carbonyl (C=O) groups is 2. The number of nitrogens with zero attached hydrogens (tertiary/aromatic N) is 3. The van der Waals surface area contributed by atoms with E-state index in [9.17, 15) is 9.59 Å². The fourth-order valence-corrected chi connectivity index (χ4v) is 2.96. The molecule has 0 radical (unpaired) electrons. The third-order valence-electron chi connectivity index (χ3n) is 4.53. The van der Waals surface area contributed by atoms with Gasteiger partial charge in [0.25, 0.3) is 0 Å². The fraction of sp³-hybridized carbons (Fsp3) is 0.786. The molecule has 0 unspecified atom stereocenters. The fourth-order valence-electron chi connectivity index (χ4n) is 2.96. The minimum absolute atomic E-state index is 0.0408. The highest BCUT2D eigenvalue weighted by Gasteiger charge is 2.33. The third kappa shape index (κ3) is 3.64. The van der Waals surface area contributed by atoms with Crippen LogP contribution in [0.5, 0.6) is 0 Å². The van der Waals surface area contributed by atoms with Gasteiger partial charge in [0.1, 0.15) is 6.04 Å². The van der Waals surface area contributed by atoms with E-state index in [1.165, 1.54) is 4.90 Å². The molecule has 2 saturated heterocycles. The van der Waals surface area contributed by atoms with Gasteiger partial charge in [-0.2, -0.15) is 5.26 Å². The lowest BCUT2D eigenvalue weighted by Crippen LogP contribution is -2.55. The topological polar surface area (TPSA) is 96.7 Å². The van der Waals surface area contributed by atoms with Gasteiger partial charge in [-0.05, 0) is 32.6 Å². The monoisotopic (exact) mass is 294 g/mol. The third-order valence-corrected chi connectivity index (χ3v) is 4.53. The quantitative estimate of drug-likeness (QED) is 0.795. The van der Waals surface area contributed by atoms with E-state index in [0.717, 1.165) is 12.8 Å². The van der Waals surface area contributed by atoms with Crippen molar-refractivity contribution in [2.45, 2.75) is 44.2 Å². The number of rotatable bonds is 3. The van der Waals surface area contributed by atoms with Crippen molar-refractivity contribution in [3.05, 3.63) is 0 Å². The number of amides is 2. The molecule has 2 heterocycles. The van der Waals surface area contributed by atoms with Gasteiger partial charge >= 0.3 is 6.09 Å². The molecule has 0 aromatic rings. The average molecular weight is 294 g/mol. The van der Waals surface area contributed by atoms with Crippen LogP contribution in [-0.4, -0.2) is 64.7 Å². The zero-order valence-electron chi connectivity index (χ0n) is 12.3. The summed E-state index contributed by atoms with van der Waals surface area (Å²) in [5.41, 5.74) is -0.219. The summed E-state index contributed by atoms with van der Waals surface area (Å²) >= 11 is 0. The summed E-state index contributed by atoms with van der Waals surface area (Å²) in [4.78, 5) is 26.1. The van der Waals surface area contributed by atoms with Gasteiger partial charge in [-0.25, -0.2) is 4.79 Å². The Bertz CT molecular complexity index is 452. The minimum atomic E-state index is -0.887. The Morgan fingerprint density at radius 2 is 2.05 bits per heavy atom. The summed E-state index contributed by atoms with van der Waals surface area (Å²) in [6.45, 7) is 3.85. The molecular formula is C14H22N4O3. The van der Waals surface area contributed by atoms with Gasteiger partial charge in [-0.15, -0.1) is 0 Å². The standard InChI is InChI=1S/C14H22N4O3/c1-14(4-7-17(8-5-14)13(20)21)16-10-12(19)18-6-2-3-11(18)9-15/h11,16H,2-8,10H2,1H3,(H,20,21)/t11-/m0/s1. The lowest BCUT2D eigenvalue weighted by molar-refractivity contribution is -0.130. The lowest BCUT2D eigenvalue weighted by atomic mass is 9.90. The van der Waals surface area contributed by atoms with Crippen molar-refractivity contribution in [1.29, 1.82) is 5.26 Å². The largest absolute Gasteiger partial charge is 0.465 e. The van der Waals surface area contributed by atoms with E-state index in [2.05, 4.69) is 11.4 Å². The maximum atomic E-state index is 12.2. The van der Waals surface area contributed by atoms with Crippen LogP contribution in [0.15, 0.2) is 0 Å². The summed E-state index contributed by atoms with van der Waals surface area (Å²) in [6.07, 6.45) is 2.13. The number of piperidine rings is 1. The lowest BCUT2D eigenvalue weighted by Gasteiger charge is -2.39. The first kappa shape index (κ1) is 15.6. The van der Waals surface area contributed by atoms with Crippen molar-refractivity contribution in [2.24, 2.45) is 0 Å². The second-order valence-electron chi connectivity index (χ2n) is 6.06. The zero-order valence-corrected chi connectivity index (χ0v) is 12.3. The molecule has 2 aliphatic rings. The van der Waals surface area contributed by atoms with Crippen LogP contribution in [0.25, 0.3) is 0 Å². The van der Waals surface area contributed by atoms with E-state index in [-0.39, 0.29) is 24.0 Å². The summed E-state index contributed by atoms with van der Waals surface area (Å²) in [5.74, 6) is -0.0408. The van der Waals surface area contributed by atoms with Crippen molar-refractivity contribution in [1.82, 2.24) is 15.1 Å². The molecule has 0 bridgehead atoms. The Balaban J connectivity index is 1.81. The number of nitriles is 1. The molecule has 0 aromatic carbocycles. The van der Waals surface area contributed by atoms with E-state index >= 15 is 0 Å². The number of likely N-dealkylation sites (tertiary alicyclic amines) is 2. The molecular weight excluding hydrogens is 272 g/mol. The normalized spacial score (nSPS) is 24.7. The molecule has 2 rings (SSSR count). The summed E-state index contributed by atoms with van der Waals surface area (Å²) in [6, 6.07) is 1.88. The Kier molecular flexibility index (Phi) is 4.68. The Morgan fingerprint density at radius 3 is 2.62 bits per heavy atom. The molecule has 7 heteroatoms. The van der Waals surface area contributed by atoms with Gasteiger partial charge in [0, 0.05) is 25.2 Å². The second-order valence-corrected chi connectivity index (χ2v) is 6.06. The zero-order chi connectivity index (χ0) is 15.5. The van der Waals surface area contributed by atoms with E-state index in [1.807, 2.05) is 6.92 Å². The van der Waals surface area contributed by atoms with Crippen LogP contribution in [0.4, 0.5) is 4.79 Å². The predicted molar refractivity (Wildman–Crippen MR) is 75.6 cm³/mol.